The topological polar surface area (TPSA) is 97.3 Å². The van der Waals surface area contributed by atoms with Crippen LogP contribution in [-0.4, -0.2) is 41.3 Å². The van der Waals surface area contributed by atoms with Crippen LogP contribution in [0.25, 0.3) is 0 Å². The maximum Gasteiger partial charge on any atom is 0.416 e. The Kier molecular flexibility index (Phi) is 8.20. The number of alkyl halides is 3. The van der Waals surface area contributed by atoms with E-state index in [0.29, 0.717) is 5.75 Å². The molecule has 8 nitrogen and oxygen atoms in total. The third-order valence-corrected chi connectivity index (χ3v) is 6.66. The van der Waals surface area contributed by atoms with Gasteiger partial charge < -0.3 is 9.47 Å². The first kappa shape index (κ1) is 26.5. The SMILES string of the molecule is COc1ccc(S(=O)(=O)N(CC(=O)N/N=C\c2cccc(C(F)(F)F)c2)c2ccccc2)cc1OC. The van der Waals surface area contributed by atoms with Crippen LogP contribution in [-0.2, 0) is 21.0 Å². The fourth-order valence-corrected chi connectivity index (χ4v) is 4.59. The zero-order valence-corrected chi connectivity index (χ0v) is 20.0. The molecule has 3 rings (SSSR count). The van der Waals surface area contributed by atoms with E-state index in [0.717, 1.165) is 22.7 Å². The Morgan fingerprint density at radius 1 is 0.972 bits per heavy atom. The third-order valence-electron chi connectivity index (χ3n) is 4.89. The van der Waals surface area contributed by atoms with Crippen LogP contribution in [0.3, 0.4) is 0 Å². The molecule has 0 unspecified atom stereocenters. The van der Waals surface area contributed by atoms with Crippen molar-refractivity contribution in [1.82, 2.24) is 5.43 Å². The van der Waals surface area contributed by atoms with Gasteiger partial charge in [0, 0.05) is 6.07 Å². The number of hydrazone groups is 1. The van der Waals surface area contributed by atoms with E-state index in [2.05, 4.69) is 10.5 Å². The minimum atomic E-state index is -4.53. The van der Waals surface area contributed by atoms with Crippen molar-refractivity contribution >= 4 is 27.8 Å². The van der Waals surface area contributed by atoms with Crippen molar-refractivity contribution in [1.29, 1.82) is 0 Å². The molecule has 0 aromatic heterocycles. The lowest BCUT2D eigenvalue weighted by atomic mass is 10.1. The molecule has 0 fully saturated rings. The monoisotopic (exact) mass is 521 g/mol. The van der Waals surface area contributed by atoms with E-state index < -0.39 is 34.2 Å². The molecular weight excluding hydrogens is 499 g/mol. The summed E-state index contributed by atoms with van der Waals surface area (Å²) in [6.07, 6.45) is -3.50. The van der Waals surface area contributed by atoms with Crippen LogP contribution in [0.5, 0.6) is 11.5 Å². The van der Waals surface area contributed by atoms with Gasteiger partial charge in [-0.25, -0.2) is 13.8 Å². The molecule has 3 aromatic rings. The number of benzene rings is 3. The summed E-state index contributed by atoms with van der Waals surface area (Å²) in [5.41, 5.74) is 1.60. The maximum absolute atomic E-state index is 13.5. The summed E-state index contributed by atoms with van der Waals surface area (Å²) < 4.78 is 76.8. The summed E-state index contributed by atoms with van der Waals surface area (Å²) >= 11 is 0. The zero-order chi connectivity index (χ0) is 26.3. The van der Waals surface area contributed by atoms with Crippen molar-refractivity contribution in [2.45, 2.75) is 11.1 Å². The highest BCUT2D eigenvalue weighted by Gasteiger charge is 2.30. The minimum absolute atomic E-state index is 0.1000. The molecule has 1 amide bonds. The van der Waals surface area contributed by atoms with E-state index in [4.69, 9.17) is 9.47 Å². The number of hydrogen-bond acceptors (Lipinski definition) is 6. The molecule has 190 valence electrons. The van der Waals surface area contributed by atoms with Gasteiger partial charge in [0.1, 0.15) is 6.54 Å². The van der Waals surface area contributed by atoms with Crippen LogP contribution in [0.2, 0.25) is 0 Å². The number of carbonyl (C=O) groups is 1. The van der Waals surface area contributed by atoms with Crippen molar-refractivity contribution in [3.05, 3.63) is 83.9 Å². The number of hydrogen-bond donors (Lipinski definition) is 1. The second-order valence-electron chi connectivity index (χ2n) is 7.28. The molecule has 3 aromatic carbocycles. The first-order valence-electron chi connectivity index (χ1n) is 10.3. The smallest absolute Gasteiger partial charge is 0.416 e. The maximum atomic E-state index is 13.5. The third kappa shape index (κ3) is 6.33. The van der Waals surface area contributed by atoms with Crippen molar-refractivity contribution in [3.8, 4) is 11.5 Å². The molecule has 0 saturated heterocycles. The molecule has 12 heteroatoms. The van der Waals surface area contributed by atoms with Gasteiger partial charge in [-0.2, -0.15) is 18.3 Å². The van der Waals surface area contributed by atoms with Crippen molar-refractivity contribution in [2.24, 2.45) is 5.10 Å². The number of nitrogens with one attached hydrogen (secondary N) is 1. The molecule has 0 radical (unpaired) electrons. The average molecular weight is 522 g/mol. The van der Waals surface area contributed by atoms with Gasteiger partial charge in [0.05, 0.1) is 36.6 Å². The molecule has 0 aliphatic heterocycles. The van der Waals surface area contributed by atoms with Gasteiger partial charge in [0.15, 0.2) is 11.5 Å². The highest BCUT2D eigenvalue weighted by Crippen LogP contribution is 2.32. The molecule has 0 spiro atoms. The van der Waals surface area contributed by atoms with E-state index in [1.54, 1.807) is 18.2 Å². The second kappa shape index (κ2) is 11.1. The lowest BCUT2D eigenvalue weighted by molar-refractivity contribution is -0.137. The Morgan fingerprint density at radius 3 is 2.31 bits per heavy atom. The van der Waals surface area contributed by atoms with Crippen LogP contribution < -0.4 is 19.2 Å². The minimum Gasteiger partial charge on any atom is -0.493 e. The van der Waals surface area contributed by atoms with Crippen LogP contribution in [0.4, 0.5) is 18.9 Å². The molecule has 0 bridgehead atoms. The highest BCUT2D eigenvalue weighted by atomic mass is 32.2. The summed E-state index contributed by atoms with van der Waals surface area (Å²) in [6.45, 7) is -0.652. The second-order valence-corrected chi connectivity index (χ2v) is 9.14. The molecule has 1 N–H and O–H groups in total. The number of carbonyl (C=O) groups excluding carboxylic acids is 1. The highest BCUT2D eigenvalue weighted by molar-refractivity contribution is 7.92. The number of ether oxygens (including phenoxy) is 2. The Bertz CT molecular complexity index is 1350. The van der Waals surface area contributed by atoms with Gasteiger partial charge in [-0.05, 0) is 42.0 Å². The van der Waals surface area contributed by atoms with Gasteiger partial charge in [0.25, 0.3) is 15.9 Å². The standard InChI is InChI=1S/C24H22F3N3O5S/c1-34-21-12-11-20(14-22(21)35-2)36(32,33)30(19-9-4-3-5-10-19)16-23(31)29-28-15-17-7-6-8-18(13-17)24(25,26)27/h3-15H,16H2,1-2H3,(H,29,31)/b28-15-. The van der Waals surface area contributed by atoms with Gasteiger partial charge in [-0.15, -0.1) is 0 Å². The molecule has 36 heavy (non-hydrogen) atoms. The number of amides is 1. The average Bonchev–Trinajstić information content (AvgIpc) is 2.87. The zero-order valence-electron chi connectivity index (χ0n) is 19.2. The molecule has 0 aliphatic rings. The predicted octanol–water partition coefficient (Wildman–Crippen LogP) is 4.07. The first-order chi connectivity index (χ1) is 17.1. The van der Waals surface area contributed by atoms with E-state index in [1.807, 2.05) is 0 Å². The van der Waals surface area contributed by atoms with Gasteiger partial charge >= 0.3 is 6.18 Å². The quantitative estimate of drug-likeness (QED) is 0.338. The van der Waals surface area contributed by atoms with E-state index in [-0.39, 0.29) is 21.9 Å². The summed E-state index contributed by atoms with van der Waals surface area (Å²) in [5.74, 6) is -0.308. The number of sulfonamides is 1. The van der Waals surface area contributed by atoms with Crippen LogP contribution in [0, 0.1) is 0 Å². The Hall–Kier alpha value is -4.06. The Balaban J connectivity index is 1.84. The Morgan fingerprint density at radius 2 is 1.67 bits per heavy atom. The largest absolute Gasteiger partial charge is 0.493 e. The molecule has 0 aliphatic carbocycles. The van der Waals surface area contributed by atoms with Crippen molar-refractivity contribution < 1.29 is 35.9 Å². The van der Waals surface area contributed by atoms with Gasteiger partial charge in [0.2, 0.25) is 0 Å². The van der Waals surface area contributed by atoms with Crippen molar-refractivity contribution in [2.75, 3.05) is 25.1 Å². The molecule has 0 heterocycles. The lowest BCUT2D eigenvalue weighted by Crippen LogP contribution is -2.39. The normalized spacial score (nSPS) is 11.8. The lowest BCUT2D eigenvalue weighted by Gasteiger charge is -2.24. The van der Waals surface area contributed by atoms with Crippen LogP contribution >= 0.6 is 0 Å². The van der Waals surface area contributed by atoms with Gasteiger partial charge in [-0.1, -0.05) is 30.3 Å². The van der Waals surface area contributed by atoms with Gasteiger partial charge in [-0.3, -0.25) is 9.10 Å². The van der Waals surface area contributed by atoms with E-state index >= 15 is 0 Å². The van der Waals surface area contributed by atoms with Crippen molar-refractivity contribution in [3.63, 3.8) is 0 Å². The summed E-state index contributed by atoms with van der Waals surface area (Å²) in [7, 11) is -1.48. The number of rotatable bonds is 9. The number of anilines is 1. The number of nitrogens with zero attached hydrogens (tertiary/aromatic N) is 2. The number of methoxy groups -OCH3 is 2. The summed E-state index contributed by atoms with van der Waals surface area (Å²) in [4.78, 5) is 12.4. The van der Waals surface area contributed by atoms with E-state index in [9.17, 15) is 26.4 Å². The number of halogens is 3. The molecular formula is C24H22F3N3O5S. The first-order valence-corrected chi connectivity index (χ1v) is 11.8. The summed E-state index contributed by atoms with van der Waals surface area (Å²) in [5, 5.41) is 3.67. The molecule has 0 atom stereocenters. The predicted molar refractivity (Wildman–Crippen MR) is 128 cm³/mol. The fourth-order valence-electron chi connectivity index (χ4n) is 3.15. The molecule has 0 saturated carbocycles. The number of para-hydroxylation sites is 1. The summed E-state index contributed by atoms with van der Waals surface area (Å²) in [6, 6.07) is 16.3. The fraction of sp³-hybridized carbons (Fsp3) is 0.167. The van der Waals surface area contributed by atoms with Crippen LogP contribution in [0.1, 0.15) is 11.1 Å². The van der Waals surface area contributed by atoms with Crippen LogP contribution in [0.15, 0.2) is 82.8 Å². The van der Waals surface area contributed by atoms with E-state index in [1.165, 1.54) is 56.7 Å². The Labute approximate surface area is 206 Å².